The van der Waals surface area contributed by atoms with Gasteiger partial charge in [-0.2, -0.15) is 0 Å². The highest BCUT2D eigenvalue weighted by Gasteiger charge is 2.40. The van der Waals surface area contributed by atoms with Crippen LogP contribution in [0.2, 0.25) is 0 Å². The van der Waals surface area contributed by atoms with Crippen molar-refractivity contribution in [1.82, 2.24) is 10.2 Å². The third-order valence-corrected chi connectivity index (χ3v) is 5.66. The lowest BCUT2D eigenvalue weighted by Crippen LogP contribution is -2.50. The van der Waals surface area contributed by atoms with Gasteiger partial charge in [0.2, 0.25) is 0 Å². The first kappa shape index (κ1) is 12.7. The van der Waals surface area contributed by atoms with Gasteiger partial charge in [-0.1, -0.05) is 18.2 Å². The monoisotopic (exact) mass is 271 g/mol. The van der Waals surface area contributed by atoms with Gasteiger partial charge in [0.15, 0.2) is 0 Å². The molecule has 3 heteroatoms. The summed E-state index contributed by atoms with van der Waals surface area (Å²) in [5.41, 5.74) is 2.95. The van der Waals surface area contributed by atoms with Gasteiger partial charge in [-0.15, -0.1) is 0 Å². The van der Waals surface area contributed by atoms with Crippen LogP contribution in [0, 0.1) is 0 Å². The Morgan fingerprint density at radius 3 is 2.60 bits per heavy atom. The predicted octanol–water partition coefficient (Wildman–Crippen LogP) is 2.22. The van der Waals surface area contributed by atoms with E-state index in [9.17, 15) is 0 Å². The molecule has 0 spiro atoms. The molecule has 2 fully saturated rings. The van der Waals surface area contributed by atoms with Crippen molar-refractivity contribution in [3.05, 3.63) is 29.8 Å². The minimum absolute atomic E-state index is 0.741. The fourth-order valence-corrected chi connectivity index (χ4v) is 4.50. The summed E-state index contributed by atoms with van der Waals surface area (Å²) in [6, 6.07) is 11.4. The fourth-order valence-electron chi connectivity index (χ4n) is 4.50. The third-order valence-electron chi connectivity index (χ3n) is 5.66. The standard InChI is InChI=1S/C17H25N3/c1-19-14-6-7-15(19)11-16(10-14)20-9-8-18-12-13-4-2-3-5-17(13)20/h2-5,14-16,18H,6-12H2,1H3. The van der Waals surface area contributed by atoms with Gasteiger partial charge >= 0.3 is 0 Å². The Labute approximate surface area is 121 Å². The number of anilines is 1. The largest absolute Gasteiger partial charge is 0.367 e. The van der Waals surface area contributed by atoms with E-state index >= 15 is 0 Å². The maximum Gasteiger partial charge on any atom is 0.0414 e. The molecule has 3 heterocycles. The molecule has 0 amide bonds. The Balaban J connectivity index is 1.62. The zero-order valence-corrected chi connectivity index (χ0v) is 12.4. The van der Waals surface area contributed by atoms with Crippen LogP contribution in [-0.2, 0) is 6.54 Å². The van der Waals surface area contributed by atoms with E-state index < -0.39 is 0 Å². The van der Waals surface area contributed by atoms with E-state index in [1.165, 1.54) is 36.9 Å². The van der Waals surface area contributed by atoms with E-state index in [0.29, 0.717) is 0 Å². The average molecular weight is 271 g/mol. The smallest absolute Gasteiger partial charge is 0.0414 e. The van der Waals surface area contributed by atoms with Crippen LogP contribution in [0.15, 0.2) is 24.3 Å². The molecule has 2 saturated heterocycles. The highest BCUT2D eigenvalue weighted by atomic mass is 15.3. The molecule has 3 aliphatic rings. The summed E-state index contributed by atoms with van der Waals surface area (Å²) in [4.78, 5) is 5.34. The number of hydrogen-bond donors (Lipinski definition) is 1. The van der Waals surface area contributed by atoms with Gasteiger partial charge in [0.05, 0.1) is 0 Å². The van der Waals surface area contributed by atoms with Crippen molar-refractivity contribution < 1.29 is 0 Å². The topological polar surface area (TPSA) is 18.5 Å². The Bertz CT molecular complexity index is 473. The Kier molecular flexibility index (Phi) is 3.20. The van der Waals surface area contributed by atoms with E-state index in [-0.39, 0.29) is 0 Å². The van der Waals surface area contributed by atoms with Crippen molar-refractivity contribution in [1.29, 1.82) is 0 Å². The van der Waals surface area contributed by atoms with E-state index in [1.807, 2.05) is 0 Å². The Hall–Kier alpha value is -1.06. The highest BCUT2D eigenvalue weighted by molar-refractivity contribution is 5.55. The minimum Gasteiger partial charge on any atom is -0.367 e. The molecular formula is C17H25N3. The molecule has 0 radical (unpaired) electrons. The van der Waals surface area contributed by atoms with Crippen molar-refractivity contribution in [2.75, 3.05) is 25.0 Å². The number of hydrogen-bond acceptors (Lipinski definition) is 3. The number of nitrogens with one attached hydrogen (secondary N) is 1. The summed E-state index contributed by atoms with van der Waals surface area (Å²) in [5.74, 6) is 0. The first-order chi connectivity index (χ1) is 9.83. The molecule has 3 nitrogen and oxygen atoms in total. The zero-order valence-electron chi connectivity index (χ0n) is 12.4. The lowest BCUT2D eigenvalue weighted by molar-refractivity contribution is 0.159. The van der Waals surface area contributed by atoms with Crippen molar-refractivity contribution in [2.24, 2.45) is 0 Å². The van der Waals surface area contributed by atoms with E-state index in [0.717, 1.165) is 37.8 Å². The number of rotatable bonds is 1. The van der Waals surface area contributed by atoms with Gasteiger partial charge in [-0.3, -0.25) is 0 Å². The number of piperidine rings is 1. The number of para-hydroxylation sites is 1. The van der Waals surface area contributed by atoms with Crippen LogP contribution in [0.4, 0.5) is 5.69 Å². The zero-order chi connectivity index (χ0) is 13.5. The number of benzene rings is 1. The maximum atomic E-state index is 3.57. The average Bonchev–Trinajstić information content (AvgIpc) is 2.70. The van der Waals surface area contributed by atoms with Gasteiger partial charge in [0.1, 0.15) is 0 Å². The molecule has 1 N–H and O–H groups in total. The second-order valence-electron chi connectivity index (χ2n) is 6.67. The molecule has 0 aromatic heterocycles. The van der Waals surface area contributed by atoms with Crippen molar-refractivity contribution in [2.45, 2.75) is 50.4 Å². The van der Waals surface area contributed by atoms with Crippen molar-refractivity contribution in [3.8, 4) is 0 Å². The quantitative estimate of drug-likeness (QED) is 0.845. The minimum atomic E-state index is 0.741. The Morgan fingerprint density at radius 2 is 1.80 bits per heavy atom. The first-order valence-corrected chi connectivity index (χ1v) is 8.10. The van der Waals surface area contributed by atoms with Crippen LogP contribution < -0.4 is 10.2 Å². The van der Waals surface area contributed by atoms with Crippen molar-refractivity contribution >= 4 is 5.69 Å². The van der Waals surface area contributed by atoms with Crippen LogP contribution in [-0.4, -0.2) is 43.2 Å². The highest BCUT2D eigenvalue weighted by Crippen LogP contribution is 2.38. The second-order valence-corrected chi connectivity index (χ2v) is 6.67. The van der Waals surface area contributed by atoms with Gasteiger partial charge in [0, 0.05) is 43.4 Å². The second kappa shape index (κ2) is 5.05. The van der Waals surface area contributed by atoms with Crippen LogP contribution in [0.1, 0.15) is 31.2 Å². The fraction of sp³-hybridized carbons (Fsp3) is 0.647. The lowest BCUT2D eigenvalue weighted by atomic mass is 9.95. The molecule has 0 saturated carbocycles. The van der Waals surface area contributed by atoms with Gasteiger partial charge in [-0.05, 0) is 44.4 Å². The molecule has 3 aliphatic heterocycles. The SMILES string of the molecule is CN1C2CCC1CC(N1CCNCc3ccccc31)C2. The summed E-state index contributed by atoms with van der Waals surface area (Å²) >= 11 is 0. The van der Waals surface area contributed by atoms with Crippen molar-refractivity contribution in [3.63, 3.8) is 0 Å². The summed E-state index contributed by atoms with van der Waals surface area (Å²) in [5, 5.41) is 3.57. The van der Waals surface area contributed by atoms with Crippen LogP contribution in [0.3, 0.4) is 0 Å². The molecule has 1 aromatic rings. The third kappa shape index (κ3) is 2.04. The summed E-state index contributed by atoms with van der Waals surface area (Å²) in [7, 11) is 2.33. The molecule has 2 bridgehead atoms. The van der Waals surface area contributed by atoms with E-state index in [1.54, 1.807) is 0 Å². The molecule has 1 aromatic carbocycles. The number of fused-ring (bicyclic) bond motifs is 3. The molecule has 2 atom stereocenters. The van der Waals surface area contributed by atoms with Crippen LogP contribution >= 0.6 is 0 Å². The van der Waals surface area contributed by atoms with Crippen LogP contribution in [0.25, 0.3) is 0 Å². The summed E-state index contributed by atoms with van der Waals surface area (Å²) < 4.78 is 0. The maximum absolute atomic E-state index is 3.57. The van der Waals surface area contributed by atoms with E-state index in [2.05, 4.69) is 46.4 Å². The molecule has 108 valence electrons. The predicted molar refractivity (Wildman–Crippen MR) is 83.1 cm³/mol. The molecule has 4 rings (SSSR count). The van der Waals surface area contributed by atoms with Gasteiger partial charge in [-0.25, -0.2) is 0 Å². The number of nitrogens with zero attached hydrogens (tertiary/aromatic N) is 2. The lowest BCUT2D eigenvalue weighted by Gasteiger charge is -2.43. The van der Waals surface area contributed by atoms with Gasteiger partial charge in [0.25, 0.3) is 0 Å². The van der Waals surface area contributed by atoms with E-state index in [4.69, 9.17) is 0 Å². The summed E-state index contributed by atoms with van der Waals surface area (Å²) in [6.07, 6.45) is 5.51. The molecule has 20 heavy (non-hydrogen) atoms. The molecule has 0 aliphatic carbocycles. The molecular weight excluding hydrogens is 246 g/mol. The normalized spacial score (nSPS) is 33.9. The Morgan fingerprint density at radius 1 is 1.05 bits per heavy atom. The summed E-state index contributed by atoms with van der Waals surface area (Å²) in [6.45, 7) is 3.29. The first-order valence-electron chi connectivity index (χ1n) is 8.10. The van der Waals surface area contributed by atoms with Gasteiger partial charge < -0.3 is 15.1 Å². The van der Waals surface area contributed by atoms with Crippen LogP contribution in [0.5, 0.6) is 0 Å². The molecule has 2 unspecified atom stereocenters.